The zero-order chi connectivity index (χ0) is 57.9. The number of benzene rings is 6. The Kier molecular flexibility index (Phi) is 17.2. The molecule has 1 aliphatic heterocycles. The molecule has 0 atom stereocenters. The van der Waals surface area contributed by atoms with E-state index >= 15 is 0 Å². The van der Waals surface area contributed by atoms with Crippen LogP contribution in [0.2, 0.25) is 0 Å². The smallest absolute Gasteiger partial charge is 0.399 e. The van der Waals surface area contributed by atoms with E-state index in [1.807, 2.05) is 124 Å². The normalized spacial score (nSPS) is 13.5. The Hall–Kier alpha value is -8.02. The molecule has 404 valence electrons. The first-order chi connectivity index (χ1) is 37.0. The Bertz CT molecular complexity index is 3750. The summed E-state index contributed by atoms with van der Waals surface area (Å²) in [6.07, 6.45) is 2.68. The van der Waals surface area contributed by atoms with Crippen molar-refractivity contribution in [2.24, 2.45) is 0 Å². The van der Waals surface area contributed by atoms with Gasteiger partial charge in [-0.1, -0.05) is 110 Å². The second kappa shape index (κ2) is 23.1. The molecule has 1 aliphatic rings. The van der Waals surface area contributed by atoms with Crippen molar-refractivity contribution in [1.29, 1.82) is 5.26 Å². The van der Waals surface area contributed by atoms with E-state index in [-0.39, 0.29) is 16.9 Å². The standard InChI is InChI=1S/C28H25N3.C21H19F3N2O3S.C14H18BNO2/c1-17-10-18(2)13-22(12-17)27-28(23-14-19(3)11-20(4)15-23)31-25(16-30-27)26-21(5)8-7-9-24(26)29-6;1-12-5-13(2)8-16(7-12)19-20(17-9-14(3)6-15(4)10-17)26-18(11-25-19)29-30(27,28)21(22,23)24;1-10-7-6-8-11(9-16)12(10)15-17-13(2,3)14(4,5)18-15/h7-16H,1-5H3;5-11H,1-4H3;6-8H,1-5H3. The van der Waals surface area contributed by atoms with E-state index in [2.05, 4.69) is 89.2 Å². The van der Waals surface area contributed by atoms with E-state index in [0.717, 1.165) is 78.8 Å². The number of hydrogen-bond donors (Lipinski definition) is 0. The Morgan fingerprint density at radius 2 is 0.975 bits per heavy atom. The van der Waals surface area contributed by atoms with Crippen LogP contribution in [0.4, 0.5) is 18.9 Å². The predicted molar refractivity (Wildman–Crippen MR) is 307 cm³/mol. The molecular weight excluding hydrogens is 1020 g/mol. The van der Waals surface area contributed by atoms with E-state index in [0.29, 0.717) is 28.1 Å². The van der Waals surface area contributed by atoms with Crippen molar-refractivity contribution >= 4 is 28.4 Å². The van der Waals surface area contributed by atoms with Gasteiger partial charge < -0.3 is 13.5 Å². The summed E-state index contributed by atoms with van der Waals surface area (Å²) in [6, 6.07) is 37.8. The second-order valence-electron chi connectivity index (χ2n) is 21.2. The van der Waals surface area contributed by atoms with Crippen LogP contribution in [0.25, 0.3) is 61.1 Å². The van der Waals surface area contributed by atoms with Crippen LogP contribution in [0.3, 0.4) is 0 Å². The fourth-order valence-electron chi connectivity index (χ4n) is 9.48. The lowest BCUT2D eigenvalue weighted by Gasteiger charge is -2.32. The number of hydrogen-bond acceptors (Lipinski definition) is 10. The van der Waals surface area contributed by atoms with E-state index in [1.54, 1.807) is 24.4 Å². The molecule has 0 spiro atoms. The Labute approximate surface area is 462 Å². The Morgan fingerprint density at radius 3 is 1.39 bits per heavy atom. The third kappa shape index (κ3) is 13.5. The minimum absolute atomic E-state index is 0.224. The number of aryl methyl sites for hydroxylation is 10. The molecule has 2 aromatic heterocycles. The van der Waals surface area contributed by atoms with Crippen LogP contribution in [0, 0.1) is 87.1 Å². The second-order valence-corrected chi connectivity index (χ2v) is 22.7. The highest BCUT2D eigenvalue weighted by Gasteiger charge is 2.53. The molecule has 11 nitrogen and oxygen atoms in total. The predicted octanol–water partition coefficient (Wildman–Crippen LogP) is 15.0. The van der Waals surface area contributed by atoms with E-state index in [9.17, 15) is 26.9 Å². The third-order valence-electron chi connectivity index (χ3n) is 13.5. The Balaban J connectivity index is 0.000000178. The molecular formula is C63H62BF3N6O5S. The topological polar surface area (TPSA) is 142 Å². The summed E-state index contributed by atoms with van der Waals surface area (Å²) >= 11 is 0. The van der Waals surface area contributed by atoms with Crippen molar-refractivity contribution in [1.82, 2.24) is 19.9 Å². The molecule has 0 N–H and O–H groups in total. The van der Waals surface area contributed by atoms with Crippen molar-refractivity contribution in [2.45, 2.75) is 114 Å². The van der Waals surface area contributed by atoms with Crippen molar-refractivity contribution in [2.75, 3.05) is 0 Å². The molecule has 0 aliphatic carbocycles. The van der Waals surface area contributed by atoms with Gasteiger partial charge in [-0.05, 0) is 152 Å². The van der Waals surface area contributed by atoms with Gasteiger partial charge in [-0.25, -0.2) is 19.8 Å². The molecule has 0 unspecified atom stereocenters. The van der Waals surface area contributed by atoms with Crippen LogP contribution < -0.4 is 9.65 Å². The van der Waals surface area contributed by atoms with Crippen molar-refractivity contribution < 1.29 is 35.1 Å². The lowest BCUT2D eigenvalue weighted by Crippen LogP contribution is -2.41. The van der Waals surface area contributed by atoms with Crippen LogP contribution in [0.5, 0.6) is 5.88 Å². The molecule has 0 amide bonds. The molecule has 8 aromatic rings. The number of aromatic nitrogens is 4. The van der Waals surface area contributed by atoms with Gasteiger partial charge in [-0.3, -0.25) is 4.98 Å². The molecule has 6 aromatic carbocycles. The van der Waals surface area contributed by atoms with Crippen molar-refractivity contribution in [3.63, 3.8) is 0 Å². The summed E-state index contributed by atoms with van der Waals surface area (Å²) in [6.45, 7) is 35.6. The highest BCUT2D eigenvalue weighted by Crippen LogP contribution is 2.39. The summed E-state index contributed by atoms with van der Waals surface area (Å²) in [4.78, 5) is 22.0. The number of rotatable bonds is 8. The summed E-state index contributed by atoms with van der Waals surface area (Å²) in [5.74, 6) is -0.755. The number of alkyl halides is 3. The quantitative estimate of drug-likeness (QED) is 0.0625. The van der Waals surface area contributed by atoms with Gasteiger partial charge in [0.2, 0.25) is 0 Å². The van der Waals surface area contributed by atoms with E-state index in [1.165, 1.54) is 22.3 Å². The molecule has 1 fully saturated rings. The van der Waals surface area contributed by atoms with Crippen LogP contribution in [0.1, 0.15) is 88.9 Å². The average molecular weight is 1080 g/mol. The van der Waals surface area contributed by atoms with E-state index in [4.69, 9.17) is 25.8 Å². The van der Waals surface area contributed by atoms with Gasteiger partial charge in [0.05, 0.1) is 64.6 Å². The minimum Gasteiger partial charge on any atom is -0.399 e. The number of nitriles is 1. The van der Waals surface area contributed by atoms with Gasteiger partial charge in [0, 0.05) is 33.3 Å². The first-order valence-electron chi connectivity index (χ1n) is 25.4. The molecule has 3 heterocycles. The minimum atomic E-state index is -5.86. The van der Waals surface area contributed by atoms with Gasteiger partial charge in [0.25, 0.3) is 5.88 Å². The fraction of sp³-hybridized carbons (Fsp3) is 0.270. The lowest BCUT2D eigenvalue weighted by atomic mass is 9.73. The number of nitrogens with zero attached hydrogens (tertiary/aromatic N) is 6. The zero-order valence-electron chi connectivity index (χ0n) is 46.9. The lowest BCUT2D eigenvalue weighted by molar-refractivity contribution is -0.0501. The van der Waals surface area contributed by atoms with Crippen molar-refractivity contribution in [3.05, 3.63) is 194 Å². The van der Waals surface area contributed by atoms with Gasteiger partial charge >= 0.3 is 22.7 Å². The summed E-state index contributed by atoms with van der Waals surface area (Å²) < 4.78 is 77.2. The molecule has 1 saturated heterocycles. The molecule has 0 saturated carbocycles. The SMILES string of the molecule is Cc1cc(C)cc(-c2ncc(OS(=O)(=O)C(F)(F)F)nc2-c2cc(C)cc(C)c2)c1.Cc1cccc(C#N)c1B1OC(C)(C)C(C)(C)O1.[C-]#[N+]c1cccc(C)c1-c1cnc(-c2cc(C)cc(C)c2)c(-c2cc(C)cc(C)c2)n1. The molecule has 9 rings (SSSR count). The summed E-state index contributed by atoms with van der Waals surface area (Å²) in [5.41, 5.74) is 13.6. The molecule has 0 radical (unpaired) electrons. The van der Waals surface area contributed by atoms with Crippen LogP contribution in [0.15, 0.2) is 122 Å². The average Bonchev–Trinajstić information content (AvgIpc) is 3.64. The summed E-state index contributed by atoms with van der Waals surface area (Å²) in [7, 11) is -6.33. The van der Waals surface area contributed by atoms with Gasteiger partial charge in [0.1, 0.15) is 5.69 Å². The maximum atomic E-state index is 12.7. The van der Waals surface area contributed by atoms with Gasteiger partial charge in [0.15, 0.2) is 5.69 Å². The maximum Gasteiger partial charge on any atom is 0.534 e. The van der Waals surface area contributed by atoms with Crippen LogP contribution in [-0.2, 0) is 19.4 Å². The summed E-state index contributed by atoms with van der Waals surface area (Å²) in [5, 5.41) is 9.20. The maximum absolute atomic E-state index is 12.7. The highest BCUT2D eigenvalue weighted by atomic mass is 32.2. The van der Waals surface area contributed by atoms with Gasteiger partial charge in [-0.15, -0.1) is 0 Å². The highest BCUT2D eigenvalue weighted by molar-refractivity contribution is 7.88. The van der Waals surface area contributed by atoms with E-state index < -0.39 is 28.6 Å². The van der Waals surface area contributed by atoms with Crippen LogP contribution in [-0.4, -0.2) is 52.2 Å². The molecule has 0 bridgehead atoms. The third-order valence-corrected chi connectivity index (χ3v) is 14.5. The van der Waals surface area contributed by atoms with Crippen LogP contribution >= 0.6 is 0 Å². The molecule has 16 heteroatoms. The Morgan fingerprint density at radius 1 is 0.582 bits per heavy atom. The largest absolute Gasteiger partial charge is 0.534 e. The first kappa shape index (κ1) is 58.7. The fourth-order valence-corrected chi connectivity index (χ4v) is 9.88. The van der Waals surface area contributed by atoms with Crippen molar-refractivity contribution in [3.8, 4) is 68.2 Å². The zero-order valence-corrected chi connectivity index (χ0v) is 47.7. The molecule has 79 heavy (non-hydrogen) atoms. The van der Waals surface area contributed by atoms with Gasteiger partial charge in [-0.2, -0.15) is 26.9 Å². The number of halogens is 3. The monoisotopic (exact) mass is 1080 g/mol. The first-order valence-corrected chi connectivity index (χ1v) is 26.8.